The van der Waals surface area contributed by atoms with Crippen molar-refractivity contribution in [3.05, 3.63) is 138 Å². The zero-order valence-corrected chi connectivity index (χ0v) is 22.3. The Balaban J connectivity index is 1.81. The van der Waals surface area contributed by atoms with E-state index in [1.54, 1.807) is 0 Å². The molecule has 0 spiro atoms. The average molecular weight is 482 g/mol. The lowest BCUT2D eigenvalue weighted by Crippen LogP contribution is -2.13. The number of hydrogen-bond donors (Lipinski definition) is 0. The van der Waals surface area contributed by atoms with Crippen molar-refractivity contribution >= 4 is 17.1 Å². The van der Waals surface area contributed by atoms with Gasteiger partial charge in [0.15, 0.2) is 0 Å². The molecule has 0 saturated heterocycles. The van der Waals surface area contributed by atoms with Crippen LogP contribution in [0.5, 0.6) is 0 Å². The Morgan fingerprint density at radius 3 is 1.51 bits per heavy atom. The molecule has 0 atom stereocenters. The van der Waals surface area contributed by atoms with Crippen molar-refractivity contribution in [2.45, 2.75) is 40.5 Å². The number of benzene rings is 5. The summed E-state index contributed by atoms with van der Waals surface area (Å²) in [6.45, 7) is 8.89. The van der Waals surface area contributed by atoms with Crippen LogP contribution in [0.3, 0.4) is 0 Å². The molecule has 37 heavy (non-hydrogen) atoms. The molecule has 0 unspecified atom stereocenters. The lowest BCUT2D eigenvalue weighted by atomic mass is 9.96. The second-order valence-corrected chi connectivity index (χ2v) is 9.73. The summed E-state index contributed by atoms with van der Waals surface area (Å²) in [6.07, 6.45) is 2.02. The highest BCUT2D eigenvalue weighted by Crippen LogP contribution is 2.43. The van der Waals surface area contributed by atoms with Crippen molar-refractivity contribution in [1.29, 1.82) is 0 Å². The number of nitrogens with zero attached hydrogens (tertiary/aromatic N) is 1. The predicted molar refractivity (Wildman–Crippen MR) is 160 cm³/mol. The summed E-state index contributed by atoms with van der Waals surface area (Å²) in [7, 11) is 0. The maximum atomic E-state index is 2.45. The van der Waals surface area contributed by atoms with E-state index >= 15 is 0 Å². The summed E-state index contributed by atoms with van der Waals surface area (Å²) in [5.41, 5.74) is 13.9. The minimum atomic E-state index is 1.01. The van der Waals surface area contributed by atoms with Gasteiger partial charge in [-0.25, -0.2) is 0 Å². The molecule has 0 fully saturated rings. The topological polar surface area (TPSA) is 3.24 Å². The maximum Gasteiger partial charge on any atom is 0.0546 e. The predicted octanol–water partition coefficient (Wildman–Crippen LogP) is 10.2. The van der Waals surface area contributed by atoms with Crippen molar-refractivity contribution in [3.8, 4) is 22.3 Å². The van der Waals surface area contributed by atoms with Gasteiger partial charge < -0.3 is 4.90 Å². The van der Waals surface area contributed by atoms with Gasteiger partial charge >= 0.3 is 0 Å². The Hall–Kier alpha value is -4.10. The van der Waals surface area contributed by atoms with Gasteiger partial charge in [-0.3, -0.25) is 0 Å². The quantitative estimate of drug-likeness (QED) is 0.223. The van der Waals surface area contributed by atoms with E-state index in [2.05, 4.69) is 148 Å². The van der Waals surface area contributed by atoms with Gasteiger partial charge in [-0.2, -0.15) is 0 Å². The molecule has 1 heteroatoms. The molecule has 0 radical (unpaired) electrons. The summed E-state index contributed by atoms with van der Waals surface area (Å²) in [5, 5.41) is 0. The average Bonchev–Trinajstić information content (AvgIpc) is 2.95. The Kier molecular flexibility index (Phi) is 7.23. The van der Waals surface area contributed by atoms with Crippen LogP contribution in [-0.4, -0.2) is 0 Å². The molecule has 0 heterocycles. The van der Waals surface area contributed by atoms with Crippen LogP contribution in [0.15, 0.2) is 115 Å². The van der Waals surface area contributed by atoms with E-state index < -0.39 is 0 Å². The number of hydrogen-bond acceptors (Lipinski definition) is 1. The molecule has 0 amide bonds. The van der Waals surface area contributed by atoms with E-state index in [-0.39, 0.29) is 0 Å². The van der Waals surface area contributed by atoms with Crippen LogP contribution in [0.25, 0.3) is 22.3 Å². The van der Waals surface area contributed by atoms with Crippen LogP contribution >= 0.6 is 0 Å². The van der Waals surface area contributed by atoms with Crippen LogP contribution in [0.4, 0.5) is 17.1 Å². The highest BCUT2D eigenvalue weighted by Gasteiger charge is 2.19. The highest BCUT2D eigenvalue weighted by molar-refractivity contribution is 5.91. The monoisotopic (exact) mass is 481 g/mol. The summed E-state index contributed by atoms with van der Waals surface area (Å²) in [5.74, 6) is 0. The van der Waals surface area contributed by atoms with Crippen molar-refractivity contribution in [2.24, 2.45) is 0 Å². The second-order valence-electron chi connectivity index (χ2n) is 9.73. The molecule has 0 aliphatic heterocycles. The van der Waals surface area contributed by atoms with E-state index in [9.17, 15) is 0 Å². The largest absolute Gasteiger partial charge is 0.310 e. The molecule has 5 rings (SSSR count). The van der Waals surface area contributed by atoms with Gasteiger partial charge in [-0.1, -0.05) is 98.8 Å². The first-order valence-electron chi connectivity index (χ1n) is 13.3. The fraction of sp³-hybridized carbons (Fsp3) is 0.167. The molecule has 1 nitrogen and oxygen atoms in total. The van der Waals surface area contributed by atoms with Crippen LogP contribution in [0, 0.1) is 13.8 Å². The molecule has 5 aromatic rings. The van der Waals surface area contributed by atoms with Gasteiger partial charge in [0, 0.05) is 16.9 Å². The summed E-state index contributed by atoms with van der Waals surface area (Å²) < 4.78 is 0. The van der Waals surface area contributed by atoms with E-state index in [1.807, 2.05) is 0 Å². The molecule has 0 aromatic heterocycles. The zero-order valence-electron chi connectivity index (χ0n) is 22.3. The van der Waals surface area contributed by atoms with Gasteiger partial charge in [0.25, 0.3) is 0 Å². The van der Waals surface area contributed by atoms with Crippen molar-refractivity contribution < 1.29 is 0 Å². The molecule has 0 saturated carbocycles. The first-order chi connectivity index (χ1) is 18.1. The van der Waals surface area contributed by atoms with Crippen LogP contribution in [0.1, 0.15) is 36.1 Å². The van der Waals surface area contributed by atoms with E-state index in [0.29, 0.717) is 0 Å². The van der Waals surface area contributed by atoms with Crippen molar-refractivity contribution in [2.75, 3.05) is 4.90 Å². The number of aryl methyl sites for hydroxylation is 4. The Morgan fingerprint density at radius 1 is 0.486 bits per heavy atom. The van der Waals surface area contributed by atoms with Gasteiger partial charge in [-0.05, 0) is 96.0 Å². The third kappa shape index (κ3) is 5.08. The molecule has 5 aromatic carbocycles. The standard InChI is InChI=1S/C36H35N/c1-5-28-23-33(20-17-26(28)3)37(34-21-18-27(4)29(6-2)24-34)36-25-32(30-13-9-7-10-14-30)19-22-35(36)31-15-11-8-12-16-31/h7-25H,5-6H2,1-4H3. The SMILES string of the molecule is CCc1cc(N(c2ccc(C)c(CC)c2)c2cc(-c3ccccc3)ccc2-c2ccccc2)ccc1C. The van der Waals surface area contributed by atoms with Crippen LogP contribution in [0.2, 0.25) is 0 Å². The molecule has 0 aliphatic carbocycles. The lowest BCUT2D eigenvalue weighted by molar-refractivity contribution is 1.09. The van der Waals surface area contributed by atoms with Crippen molar-refractivity contribution in [1.82, 2.24) is 0 Å². The molecule has 0 N–H and O–H groups in total. The molecule has 0 aliphatic rings. The second kappa shape index (κ2) is 10.9. The third-order valence-electron chi connectivity index (χ3n) is 7.37. The first-order valence-corrected chi connectivity index (χ1v) is 13.3. The van der Waals surface area contributed by atoms with E-state index in [0.717, 1.165) is 12.8 Å². The van der Waals surface area contributed by atoms with Gasteiger partial charge in [0.2, 0.25) is 0 Å². The summed E-state index contributed by atoms with van der Waals surface area (Å²) in [6, 6.07) is 42.1. The Morgan fingerprint density at radius 2 is 1.00 bits per heavy atom. The van der Waals surface area contributed by atoms with Gasteiger partial charge in [0.1, 0.15) is 0 Å². The van der Waals surface area contributed by atoms with Crippen LogP contribution < -0.4 is 4.90 Å². The normalized spacial score (nSPS) is 10.9. The summed E-state index contributed by atoms with van der Waals surface area (Å²) in [4.78, 5) is 2.45. The smallest absolute Gasteiger partial charge is 0.0546 e. The lowest BCUT2D eigenvalue weighted by Gasteiger charge is -2.30. The molecule has 184 valence electrons. The van der Waals surface area contributed by atoms with Crippen LogP contribution in [-0.2, 0) is 12.8 Å². The maximum absolute atomic E-state index is 2.45. The van der Waals surface area contributed by atoms with Crippen molar-refractivity contribution in [3.63, 3.8) is 0 Å². The Labute approximate surface area is 222 Å². The number of rotatable bonds is 7. The van der Waals surface area contributed by atoms with Gasteiger partial charge in [0.05, 0.1) is 5.69 Å². The molecular formula is C36H35N. The molecular weight excluding hydrogens is 446 g/mol. The van der Waals surface area contributed by atoms with E-state index in [1.165, 1.54) is 61.6 Å². The first kappa shape index (κ1) is 24.6. The minimum Gasteiger partial charge on any atom is -0.310 e. The highest BCUT2D eigenvalue weighted by atomic mass is 15.1. The fourth-order valence-corrected chi connectivity index (χ4v) is 5.17. The van der Waals surface area contributed by atoms with Gasteiger partial charge in [-0.15, -0.1) is 0 Å². The minimum absolute atomic E-state index is 1.01. The fourth-order valence-electron chi connectivity index (χ4n) is 5.17. The molecule has 0 bridgehead atoms. The number of anilines is 3. The third-order valence-corrected chi connectivity index (χ3v) is 7.37. The van der Waals surface area contributed by atoms with E-state index in [4.69, 9.17) is 0 Å². The summed E-state index contributed by atoms with van der Waals surface area (Å²) >= 11 is 0. The zero-order chi connectivity index (χ0) is 25.8. The Bertz CT molecular complexity index is 1450.